The fourth-order valence-electron chi connectivity index (χ4n) is 4.72. The van der Waals surface area contributed by atoms with Crippen LogP contribution in [0, 0.1) is 11.3 Å². The summed E-state index contributed by atoms with van der Waals surface area (Å²) < 4.78 is 0. The minimum absolute atomic E-state index is 0.683. The molecule has 21 heavy (non-hydrogen) atoms. The van der Waals surface area contributed by atoms with Gasteiger partial charge in [-0.2, -0.15) is 0 Å². The van der Waals surface area contributed by atoms with Gasteiger partial charge in [0.2, 0.25) is 0 Å². The summed E-state index contributed by atoms with van der Waals surface area (Å²) in [6.45, 7) is 19.8. The molecule has 2 atom stereocenters. The average Bonchev–Trinajstić information content (AvgIpc) is 2.27. The van der Waals surface area contributed by atoms with Gasteiger partial charge in [-0.05, 0) is 46.1 Å². The van der Waals surface area contributed by atoms with Gasteiger partial charge in [-0.3, -0.25) is 9.80 Å². The standard InChI is InChI=1S/C18H35N3/c1-14(2)9-19-7-6-17(8-16(19)5)21-12-18(13-21)10-20(11-18)15(3)4/h14-17H,6-13H2,1-5H3/t16-,17?/m0/s1. The van der Waals surface area contributed by atoms with Crippen LogP contribution in [-0.4, -0.2) is 72.1 Å². The van der Waals surface area contributed by atoms with Gasteiger partial charge in [0.05, 0.1) is 0 Å². The Morgan fingerprint density at radius 1 is 1.05 bits per heavy atom. The molecular weight excluding hydrogens is 258 g/mol. The minimum atomic E-state index is 0.683. The molecule has 0 aromatic heterocycles. The van der Waals surface area contributed by atoms with Gasteiger partial charge in [0.1, 0.15) is 0 Å². The molecule has 3 aliphatic rings. The van der Waals surface area contributed by atoms with Crippen LogP contribution in [0.1, 0.15) is 47.5 Å². The van der Waals surface area contributed by atoms with E-state index in [0.29, 0.717) is 5.41 Å². The molecule has 1 spiro atoms. The summed E-state index contributed by atoms with van der Waals surface area (Å²) in [7, 11) is 0. The van der Waals surface area contributed by atoms with E-state index in [4.69, 9.17) is 0 Å². The van der Waals surface area contributed by atoms with Crippen LogP contribution in [0.5, 0.6) is 0 Å². The van der Waals surface area contributed by atoms with Gasteiger partial charge < -0.3 is 4.90 Å². The molecular formula is C18H35N3. The molecule has 3 rings (SSSR count). The Labute approximate surface area is 131 Å². The van der Waals surface area contributed by atoms with Crippen molar-refractivity contribution in [2.75, 3.05) is 39.3 Å². The van der Waals surface area contributed by atoms with Crippen LogP contribution in [0.4, 0.5) is 0 Å². The number of hydrogen-bond acceptors (Lipinski definition) is 3. The first-order valence-corrected chi connectivity index (χ1v) is 9.11. The summed E-state index contributed by atoms with van der Waals surface area (Å²) in [5, 5.41) is 0. The Bertz CT molecular complexity index is 351. The van der Waals surface area contributed by atoms with Crippen molar-refractivity contribution in [2.24, 2.45) is 11.3 Å². The van der Waals surface area contributed by atoms with E-state index >= 15 is 0 Å². The maximum Gasteiger partial charge on any atom is 0.0212 e. The van der Waals surface area contributed by atoms with Gasteiger partial charge in [0.15, 0.2) is 0 Å². The van der Waals surface area contributed by atoms with Gasteiger partial charge >= 0.3 is 0 Å². The van der Waals surface area contributed by atoms with Gasteiger partial charge in [-0.15, -0.1) is 0 Å². The zero-order chi connectivity index (χ0) is 15.2. The molecule has 3 heteroatoms. The molecule has 3 aliphatic heterocycles. The molecule has 0 aliphatic carbocycles. The molecule has 0 aromatic rings. The number of nitrogens with zero attached hydrogens (tertiary/aromatic N) is 3. The van der Waals surface area contributed by atoms with E-state index in [9.17, 15) is 0 Å². The molecule has 122 valence electrons. The highest BCUT2D eigenvalue weighted by molar-refractivity contribution is 5.08. The lowest BCUT2D eigenvalue weighted by Crippen LogP contribution is -2.74. The van der Waals surface area contributed by atoms with Crippen molar-refractivity contribution in [1.29, 1.82) is 0 Å². The van der Waals surface area contributed by atoms with Gasteiger partial charge in [0.25, 0.3) is 0 Å². The van der Waals surface area contributed by atoms with Crippen LogP contribution in [0.25, 0.3) is 0 Å². The van der Waals surface area contributed by atoms with Crippen LogP contribution in [0.2, 0.25) is 0 Å². The van der Waals surface area contributed by atoms with Crippen LogP contribution >= 0.6 is 0 Å². The topological polar surface area (TPSA) is 9.72 Å². The highest BCUT2D eigenvalue weighted by atomic mass is 15.3. The highest BCUT2D eigenvalue weighted by Crippen LogP contribution is 2.43. The van der Waals surface area contributed by atoms with E-state index in [0.717, 1.165) is 24.0 Å². The first-order valence-electron chi connectivity index (χ1n) is 9.11. The smallest absolute Gasteiger partial charge is 0.0212 e. The molecule has 3 nitrogen and oxygen atoms in total. The largest absolute Gasteiger partial charge is 0.300 e. The summed E-state index contributed by atoms with van der Waals surface area (Å²) in [6.07, 6.45) is 2.78. The van der Waals surface area contributed by atoms with E-state index in [1.807, 2.05) is 0 Å². The Balaban J connectivity index is 1.43. The first kappa shape index (κ1) is 15.8. The molecule has 3 heterocycles. The molecule has 0 saturated carbocycles. The number of likely N-dealkylation sites (tertiary alicyclic amines) is 3. The summed E-state index contributed by atoms with van der Waals surface area (Å²) >= 11 is 0. The van der Waals surface area contributed by atoms with Crippen LogP contribution in [-0.2, 0) is 0 Å². The van der Waals surface area contributed by atoms with Crippen LogP contribution < -0.4 is 0 Å². The molecule has 1 unspecified atom stereocenters. The zero-order valence-electron chi connectivity index (χ0n) is 14.8. The summed E-state index contributed by atoms with van der Waals surface area (Å²) in [5.41, 5.74) is 0.683. The maximum atomic E-state index is 2.79. The third kappa shape index (κ3) is 3.16. The molecule has 0 bridgehead atoms. The predicted octanol–water partition coefficient (Wildman–Crippen LogP) is 2.52. The number of hydrogen-bond donors (Lipinski definition) is 0. The molecule has 3 fully saturated rings. The summed E-state index contributed by atoms with van der Waals surface area (Å²) in [5.74, 6) is 0.799. The summed E-state index contributed by atoms with van der Waals surface area (Å²) in [4.78, 5) is 8.13. The van der Waals surface area contributed by atoms with E-state index in [-0.39, 0.29) is 0 Å². The van der Waals surface area contributed by atoms with E-state index in [1.165, 1.54) is 52.1 Å². The highest BCUT2D eigenvalue weighted by Gasteiger charge is 2.53. The van der Waals surface area contributed by atoms with Crippen molar-refractivity contribution in [3.8, 4) is 0 Å². The van der Waals surface area contributed by atoms with Crippen molar-refractivity contribution >= 4 is 0 Å². The van der Waals surface area contributed by atoms with Crippen molar-refractivity contribution in [3.05, 3.63) is 0 Å². The Morgan fingerprint density at radius 3 is 2.24 bits per heavy atom. The normalized spacial score (nSPS) is 34.4. The second kappa shape index (κ2) is 5.82. The molecule has 3 saturated heterocycles. The summed E-state index contributed by atoms with van der Waals surface area (Å²) in [6, 6.07) is 2.38. The SMILES string of the molecule is CC(C)CN1CCC(N2CC3(CN(C(C)C)C3)C2)C[C@@H]1C. The van der Waals surface area contributed by atoms with Crippen molar-refractivity contribution < 1.29 is 0 Å². The minimum Gasteiger partial charge on any atom is -0.300 e. The van der Waals surface area contributed by atoms with Gasteiger partial charge in [-0.25, -0.2) is 0 Å². The first-order chi connectivity index (χ1) is 9.88. The monoisotopic (exact) mass is 293 g/mol. The zero-order valence-corrected chi connectivity index (χ0v) is 14.8. The van der Waals surface area contributed by atoms with Gasteiger partial charge in [-0.1, -0.05) is 13.8 Å². The van der Waals surface area contributed by atoms with Crippen LogP contribution in [0.3, 0.4) is 0 Å². The maximum absolute atomic E-state index is 2.79. The fourth-order valence-corrected chi connectivity index (χ4v) is 4.72. The second-order valence-corrected chi connectivity index (χ2v) is 8.82. The predicted molar refractivity (Wildman–Crippen MR) is 89.6 cm³/mol. The number of piperidine rings is 1. The lowest BCUT2D eigenvalue weighted by atomic mass is 9.71. The van der Waals surface area contributed by atoms with E-state index < -0.39 is 0 Å². The third-order valence-electron chi connectivity index (χ3n) is 5.99. The number of rotatable bonds is 4. The van der Waals surface area contributed by atoms with Crippen LogP contribution in [0.15, 0.2) is 0 Å². The Hall–Kier alpha value is -0.120. The van der Waals surface area contributed by atoms with E-state index in [2.05, 4.69) is 49.3 Å². The molecule has 0 amide bonds. The third-order valence-corrected chi connectivity index (χ3v) is 5.99. The molecule has 0 aromatic carbocycles. The lowest BCUT2D eigenvalue weighted by Gasteiger charge is -2.64. The quantitative estimate of drug-likeness (QED) is 0.788. The second-order valence-electron chi connectivity index (χ2n) is 8.82. The molecule has 0 radical (unpaired) electrons. The van der Waals surface area contributed by atoms with Gasteiger partial charge in [0, 0.05) is 56.3 Å². The molecule has 0 N–H and O–H groups in total. The van der Waals surface area contributed by atoms with E-state index in [1.54, 1.807) is 0 Å². The average molecular weight is 293 g/mol. The Kier molecular flexibility index (Phi) is 4.37. The fraction of sp³-hybridized carbons (Fsp3) is 1.00. The van der Waals surface area contributed by atoms with Crippen molar-refractivity contribution in [2.45, 2.75) is 65.6 Å². The lowest BCUT2D eigenvalue weighted by molar-refractivity contribution is -0.147. The Morgan fingerprint density at radius 2 is 1.71 bits per heavy atom. The van der Waals surface area contributed by atoms with Crippen molar-refractivity contribution in [1.82, 2.24) is 14.7 Å². The van der Waals surface area contributed by atoms with Crippen molar-refractivity contribution in [3.63, 3.8) is 0 Å².